The maximum atomic E-state index is 14.0. The average Bonchev–Trinajstić information content (AvgIpc) is 2.54. The molecule has 1 aliphatic heterocycles. The molecule has 25 heavy (non-hydrogen) atoms. The molecule has 1 saturated heterocycles. The first-order valence-corrected chi connectivity index (χ1v) is 9.68. The van der Waals surface area contributed by atoms with Gasteiger partial charge < -0.3 is 4.74 Å². The van der Waals surface area contributed by atoms with Crippen LogP contribution >= 0.6 is 0 Å². The number of halogens is 1. The summed E-state index contributed by atoms with van der Waals surface area (Å²) >= 11 is 0. The van der Waals surface area contributed by atoms with Crippen LogP contribution < -0.4 is 0 Å². The van der Waals surface area contributed by atoms with Crippen LogP contribution in [0.25, 0.3) is 0 Å². The number of benzene rings is 2. The second-order valence-corrected chi connectivity index (χ2v) is 8.35. The molecule has 1 atom stereocenters. The van der Waals surface area contributed by atoms with Gasteiger partial charge in [-0.1, -0.05) is 35.9 Å². The lowest BCUT2D eigenvalue weighted by molar-refractivity contribution is -0.00445. The van der Waals surface area contributed by atoms with Crippen molar-refractivity contribution in [3.05, 3.63) is 64.5 Å². The fourth-order valence-electron chi connectivity index (χ4n) is 3.47. The van der Waals surface area contributed by atoms with Gasteiger partial charge in [-0.15, -0.1) is 0 Å². The average molecular weight is 363 g/mol. The maximum absolute atomic E-state index is 14.0. The molecular formula is C19H22FNO3S. The maximum Gasteiger partial charge on any atom is 0.243 e. The smallest absolute Gasteiger partial charge is 0.243 e. The molecule has 0 bridgehead atoms. The van der Waals surface area contributed by atoms with E-state index in [9.17, 15) is 12.8 Å². The predicted octanol–water partition coefficient (Wildman–Crippen LogP) is 3.51. The number of aryl methyl sites for hydroxylation is 3. The van der Waals surface area contributed by atoms with Crippen LogP contribution in [-0.2, 0) is 14.8 Å². The Kier molecular flexibility index (Phi) is 4.95. The number of sulfonamides is 1. The molecule has 4 nitrogen and oxygen atoms in total. The van der Waals surface area contributed by atoms with E-state index in [1.165, 1.54) is 10.4 Å². The van der Waals surface area contributed by atoms with Crippen molar-refractivity contribution in [3.8, 4) is 0 Å². The normalized spacial score (nSPS) is 19.1. The summed E-state index contributed by atoms with van der Waals surface area (Å²) in [4.78, 5) is 0.340. The molecule has 2 aromatic rings. The van der Waals surface area contributed by atoms with Crippen molar-refractivity contribution in [3.63, 3.8) is 0 Å². The van der Waals surface area contributed by atoms with E-state index < -0.39 is 16.1 Å². The molecule has 0 aromatic heterocycles. The molecule has 0 N–H and O–H groups in total. The molecule has 1 aliphatic rings. The summed E-state index contributed by atoms with van der Waals surface area (Å²) in [5, 5.41) is 0. The topological polar surface area (TPSA) is 46.6 Å². The predicted molar refractivity (Wildman–Crippen MR) is 94.5 cm³/mol. The van der Waals surface area contributed by atoms with E-state index in [2.05, 4.69) is 0 Å². The third-order valence-electron chi connectivity index (χ3n) is 4.48. The van der Waals surface area contributed by atoms with Crippen molar-refractivity contribution in [2.45, 2.75) is 31.8 Å². The highest BCUT2D eigenvalue weighted by atomic mass is 32.2. The quantitative estimate of drug-likeness (QED) is 0.838. The first kappa shape index (κ1) is 18.0. The Morgan fingerprint density at radius 2 is 1.76 bits per heavy atom. The van der Waals surface area contributed by atoms with Crippen molar-refractivity contribution in [1.29, 1.82) is 0 Å². The Labute approximate surface area is 148 Å². The summed E-state index contributed by atoms with van der Waals surface area (Å²) < 4.78 is 47.4. The summed E-state index contributed by atoms with van der Waals surface area (Å²) in [6.07, 6.45) is -0.601. The van der Waals surface area contributed by atoms with Crippen molar-refractivity contribution < 1.29 is 17.5 Å². The first-order chi connectivity index (χ1) is 11.8. The van der Waals surface area contributed by atoms with Gasteiger partial charge in [0, 0.05) is 18.7 Å². The zero-order chi connectivity index (χ0) is 18.2. The monoisotopic (exact) mass is 363 g/mol. The molecule has 3 rings (SSSR count). The summed E-state index contributed by atoms with van der Waals surface area (Å²) in [5.74, 6) is -0.380. The third kappa shape index (κ3) is 3.47. The molecular weight excluding hydrogens is 341 g/mol. The van der Waals surface area contributed by atoms with E-state index >= 15 is 0 Å². The van der Waals surface area contributed by atoms with Gasteiger partial charge >= 0.3 is 0 Å². The minimum absolute atomic E-state index is 0.107. The minimum atomic E-state index is -3.66. The Morgan fingerprint density at radius 3 is 2.40 bits per heavy atom. The number of nitrogens with zero attached hydrogens (tertiary/aromatic N) is 1. The Balaban J connectivity index is 1.95. The number of hydrogen-bond donors (Lipinski definition) is 0. The standard InChI is InChI=1S/C19H22FNO3S/c1-13-10-14(2)19(15(3)11-13)25(22,23)21-8-9-24-18(12-21)16-6-4-5-7-17(16)20/h4-7,10-11,18H,8-9,12H2,1-3H3. The first-order valence-electron chi connectivity index (χ1n) is 8.24. The lowest BCUT2D eigenvalue weighted by Crippen LogP contribution is -2.42. The van der Waals surface area contributed by atoms with E-state index in [1.54, 1.807) is 18.2 Å². The van der Waals surface area contributed by atoms with Gasteiger partial charge in [-0.3, -0.25) is 0 Å². The number of morpholine rings is 1. The van der Waals surface area contributed by atoms with Crippen LogP contribution in [0.3, 0.4) is 0 Å². The van der Waals surface area contributed by atoms with E-state index in [0.29, 0.717) is 10.5 Å². The van der Waals surface area contributed by atoms with Crippen LogP contribution in [0, 0.1) is 26.6 Å². The Bertz CT molecular complexity index is 872. The summed E-state index contributed by atoms with van der Waals surface area (Å²) in [6, 6.07) is 10.1. The Hall–Kier alpha value is -1.76. The van der Waals surface area contributed by atoms with Crippen molar-refractivity contribution in [2.24, 2.45) is 0 Å². The highest BCUT2D eigenvalue weighted by Gasteiger charge is 2.34. The lowest BCUT2D eigenvalue weighted by Gasteiger charge is -2.33. The van der Waals surface area contributed by atoms with Gasteiger partial charge in [0.1, 0.15) is 5.82 Å². The van der Waals surface area contributed by atoms with Crippen LogP contribution in [0.2, 0.25) is 0 Å². The van der Waals surface area contributed by atoms with Gasteiger partial charge in [0.25, 0.3) is 0 Å². The lowest BCUT2D eigenvalue weighted by atomic mass is 10.1. The summed E-state index contributed by atoms with van der Waals surface area (Å²) in [6.45, 7) is 6.17. The molecule has 0 spiro atoms. The molecule has 2 aromatic carbocycles. The fourth-order valence-corrected chi connectivity index (χ4v) is 5.31. The molecule has 0 radical (unpaired) electrons. The zero-order valence-corrected chi connectivity index (χ0v) is 15.4. The van der Waals surface area contributed by atoms with Crippen LogP contribution in [0.5, 0.6) is 0 Å². The Morgan fingerprint density at radius 1 is 1.12 bits per heavy atom. The van der Waals surface area contributed by atoms with E-state index in [-0.39, 0.29) is 25.5 Å². The van der Waals surface area contributed by atoms with Gasteiger partial charge in [-0.25, -0.2) is 12.8 Å². The van der Waals surface area contributed by atoms with E-state index in [0.717, 1.165) is 16.7 Å². The van der Waals surface area contributed by atoms with Crippen LogP contribution in [0.1, 0.15) is 28.4 Å². The van der Waals surface area contributed by atoms with Crippen molar-refractivity contribution in [1.82, 2.24) is 4.31 Å². The molecule has 1 fully saturated rings. The molecule has 0 aliphatic carbocycles. The minimum Gasteiger partial charge on any atom is -0.371 e. The number of ether oxygens (including phenoxy) is 1. The second-order valence-electron chi connectivity index (χ2n) is 6.47. The SMILES string of the molecule is Cc1cc(C)c(S(=O)(=O)N2CCOC(c3ccccc3F)C2)c(C)c1. The van der Waals surface area contributed by atoms with Gasteiger partial charge in [-0.05, 0) is 38.0 Å². The highest BCUT2D eigenvalue weighted by molar-refractivity contribution is 7.89. The fraction of sp³-hybridized carbons (Fsp3) is 0.368. The van der Waals surface area contributed by atoms with Gasteiger partial charge in [0.15, 0.2) is 0 Å². The molecule has 134 valence electrons. The zero-order valence-electron chi connectivity index (χ0n) is 14.6. The second kappa shape index (κ2) is 6.86. The molecule has 0 amide bonds. The molecule has 6 heteroatoms. The van der Waals surface area contributed by atoms with E-state index in [4.69, 9.17) is 4.74 Å². The highest BCUT2D eigenvalue weighted by Crippen LogP contribution is 2.30. The largest absolute Gasteiger partial charge is 0.371 e. The van der Waals surface area contributed by atoms with Crippen LogP contribution in [0.4, 0.5) is 4.39 Å². The van der Waals surface area contributed by atoms with Crippen LogP contribution in [-0.4, -0.2) is 32.4 Å². The van der Waals surface area contributed by atoms with Crippen molar-refractivity contribution >= 4 is 10.0 Å². The van der Waals surface area contributed by atoms with Crippen molar-refractivity contribution in [2.75, 3.05) is 19.7 Å². The molecule has 1 unspecified atom stereocenters. The molecule has 1 heterocycles. The van der Waals surface area contributed by atoms with Gasteiger partial charge in [-0.2, -0.15) is 4.31 Å². The van der Waals surface area contributed by atoms with Crippen LogP contribution in [0.15, 0.2) is 41.3 Å². The summed E-state index contributed by atoms with van der Waals surface area (Å²) in [5.41, 5.74) is 2.87. The number of rotatable bonds is 3. The molecule has 0 saturated carbocycles. The third-order valence-corrected chi connectivity index (χ3v) is 6.66. The van der Waals surface area contributed by atoms with Gasteiger partial charge in [0.2, 0.25) is 10.0 Å². The number of hydrogen-bond acceptors (Lipinski definition) is 3. The van der Waals surface area contributed by atoms with Gasteiger partial charge in [0.05, 0.1) is 17.6 Å². The summed E-state index contributed by atoms with van der Waals surface area (Å²) in [7, 11) is -3.66. The van der Waals surface area contributed by atoms with E-state index in [1.807, 2.05) is 32.9 Å².